The molecule has 0 heteroatoms. The van der Waals surface area contributed by atoms with Crippen molar-refractivity contribution in [2.75, 3.05) is 0 Å². The lowest BCUT2D eigenvalue weighted by Gasteiger charge is -1.99. The zero-order valence-electron chi connectivity index (χ0n) is 14.2. The van der Waals surface area contributed by atoms with Crippen LogP contribution in [0, 0.1) is 0 Å². The van der Waals surface area contributed by atoms with E-state index in [0.29, 0.717) is 0 Å². The van der Waals surface area contributed by atoms with Crippen LogP contribution in [0.4, 0.5) is 0 Å². The maximum Gasteiger partial charge on any atom is -0.0351 e. The van der Waals surface area contributed by atoms with E-state index in [1.54, 1.807) is 0 Å². The molecule has 0 radical (unpaired) electrons. The Labute approximate surface area is 128 Å². The molecule has 0 aromatic rings. The molecule has 0 atom stereocenters. The van der Waals surface area contributed by atoms with Crippen LogP contribution in [0.5, 0.6) is 0 Å². The van der Waals surface area contributed by atoms with Crippen molar-refractivity contribution >= 4 is 0 Å². The Morgan fingerprint density at radius 3 is 1.35 bits per heavy atom. The van der Waals surface area contributed by atoms with E-state index in [9.17, 15) is 0 Å². The molecule has 0 heterocycles. The second kappa shape index (κ2) is 18.5. The van der Waals surface area contributed by atoms with Gasteiger partial charge in [0.05, 0.1) is 0 Å². The number of hydrogen-bond acceptors (Lipinski definition) is 0. The molecule has 0 aromatic carbocycles. The summed E-state index contributed by atoms with van der Waals surface area (Å²) in [5.74, 6) is 0. The molecule has 0 amide bonds. The molecule has 0 aliphatic rings. The van der Waals surface area contributed by atoms with E-state index in [-0.39, 0.29) is 0 Å². The van der Waals surface area contributed by atoms with E-state index in [0.717, 1.165) is 0 Å². The van der Waals surface area contributed by atoms with E-state index >= 15 is 0 Å². The van der Waals surface area contributed by atoms with Crippen LogP contribution in [-0.2, 0) is 0 Å². The van der Waals surface area contributed by atoms with Crippen molar-refractivity contribution in [3.8, 4) is 0 Å². The first-order valence-corrected chi connectivity index (χ1v) is 9.18. The standard InChI is InChI=1S/C20H38/c1-3-5-7-9-11-13-15-17-19-20-18-16-14-12-10-8-6-4-2/h3,5,18,20H,4,6-17,19H2,1-2H3/b5-3?,20-18-. The summed E-state index contributed by atoms with van der Waals surface area (Å²) in [6.45, 7) is 4.39. The summed E-state index contributed by atoms with van der Waals surface area (Å²) >= 11 is 0. The second-order valence-corrected chi connectivity index (χ2v) is 5.94. The van der Waals surface area contributed by atoms with Crippen molar-refractivity contribution in [1.29, 1.82) is 0 Å². The molecule has 0 aromatic heterocycles. The minimum Gasteiger partial charge on any atom is -0.0917 e. The first kappa shape index (κ1) is 19.5. The van der Waals surface area contributed by atoms with Gasteiger partial charge in [-0.15, -0.1) is 0 Å². The number of rotatable bonds is 15. The first-order valence-electron chi connectivity index (χ1n) is 9.18. The van der Waals surface area contributed by atoms with Gasteiger partial charge < -0.3 is 0 Å². The van der Waals surface area contributed by atoms with Crippen LogP contribution in [0.2, 0.25) is 0 Å². The third-order valence-electron chi connectivity index (χ3n) is 3.87. The van der Waals surface area contributed by atoms with Crippen LogP contribution in [-0.4, -0.2) is 0 Å². The van der Waals surface area contributed by atoms with Gasteiger partial charge in [-0.25, -0.2) is 0 Å². The molecule has 0 spiro atoms. The van der Waals surface area contributed by atoms with Crippen molar-refractivity contribution in [1.82, 2.24) is 0 Å². The Kier molecular flexibility index (Phi) is 18.0. The predicted octanol–water partition coefficient (Wildman–Crippen LogP) is 7.60. The van der Waals surface area contributed by atoms with E-state index in [4.69, 9.17) is 0 Å². The summed E-state index contributed by atoms with van der Waals surface area (Å²) in [4.78, 5) is 0. The van der Waals surface area contributed by atoms with Crippen LogP contribution in [0.25, 0.3) is 0 Å². The Morgan fingerprint density at radius 2 is 0.900 bits per heavy atom. The Balaban J connectivity index is 3.05. The second-order valence-electron chi connectivity index (χ2n) is 5.94. The monoisotopic (exact) mass is 278 g/mol. The van der Waals surface area contributed by atoms with E-state index < -0.39 is 0 Å². The smallest absolute Gasteiger partial charge is 0.0351 e. The molecule has 0 N–H and O–H groups in total. The van der Waals surface area contributed by atoms with Gasteiger partial charge in [-0.3, -0.25) is 0 Å². The maximum absolute atomic E-state index is 2.41. The number of unbranched alkanes of at least 4 members (excludes halogenated alkanes) is 12. The maximum atomic E-state index is 2.41. The molecule has 0 saturated carbocycles. The average molecular weight is 279 g/mol. The summed E-state index contributed by atoms with van der Waals surface area (Å²) in [5.41, 5.74) is 0. The highest BCUT2D eigenvalue weighted by molar-refractivity contribution is 4.81. The molecule has 0 rings (SSSR count). The van der Waals surface area contributed by atoms with Gasteiger partial charge in [-0.2, -0.15) is 0 Å². The largest absolute Gasteiger partial charge is 0.0917 e. The lowest BCUT2D eigenvalue weighted by Crippen LogP contribution is -1.79. The van der Waals surface area contributed by atoms with Crippen molar-refractivity contribution < 1.29 is 0 Å². The van der Waals surface area contributed by atoms with Gasteiger partial charge in [0.15, 0.2) is 0 Å². The third kappa shape index (κ3) is 17.5. The van der Waals surface area contributed by atoms with Gasteiger partial charge >= 0.3 is 0 Å². The van der Waals surface area contributed by atoms with Gasteiger partial charge in [-0.1, -0.05) is 82.6 Å². The molecule has 0 aliphatic heterocycles. The predicted molar refractivity (Wildman–Crippen MR) is 94.3 cm³/mol. The lowest BCUT2D eigenvalue weighted by molar-refractivity contribution is 0.609. The molecule has 0 fully saturated rings. The molecule has 0 aliphatic carbocycles. The highest BCUT2D eigenvalue weighted by atomic mass is 14.0. The Bertz CT molecular complexity index is 212. The van der Waals surface area contributed by atoms with Crippen LogP contribution in [0.3, 0.4) is 0 Å². The number of allylic oxidation sites excluding steroid dienone is 4. The summed E-state index contributed by atoms with van der Waals surface area (Å²) in [6, 6.07) is 0. The molecular formula is C20H38. The van der Waals surface area contributed by atoms with Crippen molar-refractivity contribution in [3.63, 3.8) is 0 Å². The molecule has 0 unspecified atom stereocenters. The van der Waals surface area contributed by atoms with Gasteiger partial charge in [0, 0.05) is 0 Å². The summed E-state index contributed by atoms with van der Waals surface area (Å²) in [7, 11) is 0. The topological polar surface area (TPSA) is 0 Å². The van der Waals surface area contributed by atoms with Crippen LogP contribution >= 0.6 is 0 Å². The van der Waals surface area contributed by atoms with E-state index in [1.807, 2.05) is 0 Å². The normalized spacial score (nSPS) is 11.9. The molecule has 0 bridgehead atoms. The zero-order chi connectivity index (χ0) is 14.7. The van der Waals surface area contributed by atoms with Crippen LogP contribution < -0.4 is 0 Å². The molecule has 0 saturated heterocycles. The fraction of sp³-hybridized carbons (Fsp3) is 0.800. The minimum absolute atomic E-state index is 1.27. The number of hydrogen-bond donors (Lipinski definition) is 0. The zero-order valence-corrected chi connectivity index (χ0v) is 14.2. The lowest BCUT2D eigenvalue weighted by atomic mass is 10.1. The molecular weight excluding hydrogens is 240 g/mol. The molecule has 118 valence electrons. The van der Waals surface area contributed by atoms with Gasteiger partial charge in [-0.05, 0) is 45.4 Å². The SMILES string of the molecule is CC=CCCCCCCC/C=C\CCCCCCCC. The Morgan fingerprint density at radius 1 is 0.500 bits per heavy atom. The van der Waals surface area contributed by atoms with Gasteiger partial charge in [0.2, 0.25) is 0 Å². The summed E-state index contributed by atoms with van der Waals surface area (Å²) < 4.78 is 0. The van der Waals surface area contributed by atoms with E-state index in [2.05, 4.69) is 38.2 Å². The Hall–Kier alpha value is -0.520. The fourth-order valence-corrected chi connectivity index (χ4v) is 2.50. The summed E-state index contributed by atoms with van der Waals surface area (Å²) in [5, 5.41) is 0. The van der Waals surface area contributed by atoms with Gasteiger partial charge in [0.25, 0.3) is 0 Å². The van der Waals surface area contributed by atoms with Crippen molar-refractivity contribution in [3.05, 3.63) is 24.3 Å². The van der Waals surface area contributed by atoms with Crippen LogP contribution in [0.15, 0.2) is 24.3 Å². The highest BCUT2D eigenvalue weighted by Gasteiger charge is 1.90. The quantitative estimate of drug-likeness (QED) is 0.214. The van der Waals surface area contributed by atoms with Crippen molar-refractivity contribution in [2.45, 2.75) is 104 Å². The molecule has 20 heavy (non-hydrogen) atoms. The third-order valence-corrected chi connectivity index (χ3v) is 3.87. The summed E-state index contributed by atoms with van der Waals surface area (Å²) in [6.07, 6.45) is 28.6. The minimum atomic E-state index is 1.27. The highest BCUT2D eigenvalue weighted by Crippen LogP contribution is 2.09. The first-order chi connectivity index (χ1) is 9.91. The average Bonchev–Trinajstić information content (AvgIpc) is 2.47. The fourth-order valence-electron chi connectivity index (χ4n) is 2.50. The van der Waals surface area contributed by atoms with Crippen LogP contribution in [0.1, 0.15) is 104 Å². The van der Waals surface area contributed by atoms with Gasteiger partial charge in [0.1, 0.15) is 0 Å². The van der Waals surface area contributed by atoms with Crippen molar-refractivity contribution in [2.24, 2.45) is 0 Å². The molecule has 0 nitrogen and oxygen atoms in total. The van der Waals surface area contributed by atoms with E-state index in [1.165, 1.54) is 89.9 Å².